The summed E-state index contributed by atoms with van der Waals surface area (Å²) in [5.74, 6) is 0.289. The number of fused-ring (bicyclic) bond motifs is 1. The van der Waals surface area contributed by atoms with Crippen molar-refractivity contribution in [2.24, 2.45) is 0 Å². The molecule has 0 aromatic heterocycles. The third kappa shape index (κ3) is 5.54. The van der Waals surface area contributed by atoms with E-state index in [2.05, 4.69) is 4.72 Å². The molecular weight excluding hydrogens is 386 g/mol. The molecule has 7 heteroatoms. The fourth-order valence-electron chi connectivity index (χ4n) is 3.09. The lowest BCUT2D eigenvalue weighted by atomic mass is 10.1. The Balaban J connectivity index is 1.38. The maximum atomic E-state index is 12.1. The van der Waals surface area contributed by atoms with Crippen LogP contribution in [0.1, 0.15) is 36.8 Å². The molecule has 1 aliphatic rings. The number of carbonyl (C=O) groups excluding carboxylic acids is 1. The van der Waals surface area contributed by atoms with E-state index in [9.17, 15) is 13.2 Å². The van der Waals surface area contributed by atoms with Gasteiger partial charge in [0.2, 0.25) is 10.0 Å². The van der Waals surface area contributed by atoms with Gasteiger partial charge in [0, 0.05) is 18.0 Å². The molecule has 27 heavy (non-hydrogen) atoms. The van der Waals surface area contributed by atoms with Gasteiger partial charge in [-0.1, -0.05) is 17.7 Å². The van der Waals surface area contributed by atoms with E-state index in [0.717, 1.165) is 19.3 Å². The molecule has 0 amide bonds. The van der Waals surface area contributed by atoms with E-state index in [1.54, 1.807) is 0 Å². The van der Waals surface area contributed by atoms with E-state index in [1.165, 1.54) is 35.4 Å². The average molecular weight is 408 g/mol. The van der Waals surface area contributed by atoms with Crippen molar-refractivity contribution in [3.05, 3.63) is 58.6 Å². The number of unbranched alkanes of at least 4 members (excludes halogenated alkanes) is 1. The van der Waals surface area contributed by atoms with Crippen molar-refractivity contribution in [3.63, 3.8) is 0 Å². The third-order valence-corrected chi connectivity index (χ3v) is 6.25. The van der Waals surface area contributed by atoms with Gasteiger partial charge in [0.1, 0.15) is 5.75 Å². The molecule has 0 aliphatic heterocycles. The highest BCUT2D eigenvalue weighted by molar-refractivity contribution is 7.89. The fourth-order valence-corrected chi connectivity index (χ4v) is 4.29. The van der Waals surface area contributed by atoms with Gasteiger partial charge in [-0.15, -0.1) is 0 Å². The number of esters is 1. The summed E-state index contributed by atoms with van der Waals surface area (Å²) < 4.78 is 32.2. The topological polar surface area (TPSA) is 72.5 Å². The minimum absolute atomic E-state index is 0.169. The summed E-state index contributed by atoms with van der Waals surface area (Å²) >= 11 is 5.76. The molecule has 0 spiro atoms. The van der Waals surface area contributed by atoms with Gasteiger partial charge in [-0.25, -0.2) is 13.1 Å². The first kappa shape index (κ1) is 19.9. The number of sulfonamides is 1. The van der Waals surface area contributed by atoms with Crippen LogP contribution in [0.4, 0.5) is 0 Å². The van der Waals surface area contributed by atoms with Crippen LogP contribution in [0.25, 0.3) is 0 Å². The van der Waals surface area contributed by atoms with E-state index >= 15 is 0 Å². The molecule has 0 heterocycles. The monoisotopic (exact) mass is 407 g/mol. The number of nitrogens with one attached hydrogen (secondary N) is 1. The molecule has 2 aromatic rings. The molecule has 2 aromatic carbocycles. The quantitative estimate of drug-likeness (QED) is 0.409. The van der Waals surface area contributed by atoms with Crippen LogP contribution in [0, 0.1) is 0 Å². The number of benzene rings is 2. The number of rotatable bonds is 8. The standard InChI is InChI=1S/C20H22ClNO4S/c21-17-8-11-19(12-9-17)27(24,25)22-13-2-1-6-20(23)26-18-10-7-15-4-3-5-16(15)14-18/h7-12,14,22H,1-6,13H2. The molecular formula is C20H22ClNO4S. The largest absolute Gasteiger partial charge is 0.427 e. The first-order chi connectivity index (χ1) is 12.9. The van der Waals surface area contributed by atoms with Crippen LogP contribution >= 0.6 is 11.6 Å². The Hall–Kier alpha value is -1.89. The SMILES string of the molecule is O=C(CCCCNS(=O)(=O)c1ccc(Cl)cc1)Oc1ccc2c(c1)CCC2. The van der Waals surface area contributed by atoms with Crippen LogP contribution < -0.4 is 9.46 Å². The van der Waals surface area contributed by atoms with Crippen LogP contribution in [0.15, 0.2) is 47.4 Å². The molecule has 0 saturated heterocycles. The summed E-state index contributed by atoms with van der Waals surface area (Å²) in [6.45, 7) is 0.261. The van der Waals surface area contributed by atoms with E-state index in [4.69, 9.17) is 16.3 Å². The summed E-state index contributed by atoms with van der Waals surface area (Å²) in [6, 6.07) is 11.8. The number of hydrogen-bond donors (Lipinski definition) is 1. The minimum Gasteiger partial charge on any atom is -0.427 e. The van der Waals surface area contributed by atoms with Crippen molar-refractivity contribution >= 4 is 27.6 Å². The van der Waals surface area contributed by atoms with Gasteiger partial charge in [0.25, 0.3) is 0 Å². The number of hydrogen-bond acceptors (Lipinski definition) is 4. The van der Waals surface area contributed by atoms with Crippen molar-refractivity contribution in [1.82, 2.24) is 4.72 Å². The Morgan fingerprint density at radius 2 is 1.78 bits per heavy atom. The number of ether oxygens (including phenoxy) is 1. The van der Waals surface area contributed by atoms with Crippen LogP contribution in [0.2, 0.25) is 5.02 Å². The van der Waals surface area contributed by atoms with Crippen LogP contribution in [0.3, 0.4) is 0 Å². The Morgan fingerprint density at radius 1 is 1.04 bits per heavy atom. The molecule has 0 unspecified atom stereocenters. The Bertz CT molecular complexity index is 910. The molecule has 0 atom stereocenters. The van der Waals surface area contributed by atoms with Crippen LogP contribution in [0.5, 0.6) is 5.75 Å². The van der Waals surface area contributed by atoms with Crippen molar-refractivity contribution in [1.29, 1.82) is 0 Å². The van der Waals surface area contributed by atoms with Crippen LogP contribution in [-0.2, 0) is 27.7 Å². The molecule has 5 nitrogen and oxygen atoms in total. The highest BCUT2D eigenvalue weighted by atomic mass is 35.5. The number of halogens is 1. The molecule has 0 bridgehead atoms. The predicted molar refractivity (Wildman–Crippen MR) is 105 cm³/mol. The second-order valence-corrected chi connectivity index (χ2v) is 8.77. The second kappa shape index (κ2) is 8.87. The average Bonchev–Trinajstić information content (AvgIpc) is 3.09. The zero-order valence-corrected chi connectivity index (χ0v) is 16.5. The van der Waals surface area contributed by atoms with Crippen LogP contribution in [-0.4, -0.2) is 20.9 Å². The lowest BCUT2D eigenvalue weighted by Crippen LogP contribution is -2.25. The zero-order valence-electron chi connectivity index (χ0n) is 14.9. The Kier molecular flexibility index (Phi) is 6.52. The summed E-state index contributed by atoms with van der Waals surface area (Å²) in [6.07, 6.45) is 4.63. The molecule has 1 aliphatic carbocycles. The van der Waals surface area contributed by atoms with E-state index in [0.29, 0.717) is 23.6 Å². The van der Waals surface area contributed by atoms with Crippen molar-refractivity contribution in [2.75, 3.05) is 6.54 Å². The molecule has 1 N–H and O–H groups in total. The minimum atomic E-state index is -3.56. The normalized spacial score (nSPS) is 13.4. The highest BCUT2D eigenvalue weighted by Crippen LogP contribution is 2.26. The van der Waals surface area contributed by atoms with Crippen molar-refractivity contribution in [3.8, 4) is 5.75 Å². The molecule has 0 radical (unpaired) electrons. The smallest absolute Gasteiger partial charge is 0.311 e. The maximum absolute atomic E-state index is 12.1. The third-order valence-electron chi connectivity index (χ3n) is 4.53. The molecule has 0 saturated carbocycles. The van der Waals surface area contributed by atoms with Crippen molar-refractivity contribution < 1.29 is 17.9 Å². The molecule has 0 fully saturated rings. The van der Waals surface area contributed by atoms with Crippen molar-refractivity contribution in [2.45, 2.75) is 43.4 Å². The zero-order chi connectivity index (χ0) is 19.3. The molecule has 144 valence electrons. The summed E-state index contributed by atoms with van der Waals surface area (Å²) in [5, 5.41) is 0.482. The first-order valence-electron chi connectivity index (χ1n) is 9.02. The van der Waals surface area contributed by atoms with Gasteiger partial charge < -0.3 is 4.74 Å². The van der Waals surface area contributed by atoms with E-state index in [-0.39, 0.29) is 23.8 Å². The number of aryl methyl sites for hydroxylation is 2. The Labute approximate surface area is 164 Å². The maximum Gasteiger partial charge on any atom is 0.311 e. The highest BCUT2D eigenvalue weighted by Gasteiger charge is 2.14. The summed E-state index contributed by atoms with van der Waals surface area (Å²) in [7, 11) is -3.56. The first-order valence-corrected chi connectivity index (χ1v) is 10.9. The fraction of sp³-hybridized carbons (Fsp3) is 0.350. The molecule has 3 rings (SSSR count). The van der Waals surface area contributed by atoms with Gasteiger partial charge in [0.15, 0.2) is 0 Å². The van der Waals surface area contributed by atoms with Gasteiger partial charge in [-0.2, -0.15) is 0 Å². The van der Waals surface area contributed by atoms with E-state index < -0.39 is 10.0 Å². The van der Waals surface area contributed by atoms with Gasteiger partial charge in [-0.05, 0) is 79.6 Å². The van der Waals surface area contributed by atoms with Gasteiger partial charge in [-0.3, -0.25) is 4.79 Å². The lowest BCUT2D eigenvalue weighted by Gasteiger charge is -2.08. The summed E-state index contributed by atoms with van der Waals surface area (Å²) in [5.41, 5.74) is 2.60. The second-order valence-electron chi connectivity index (χ2n) is 6.57. The Morgan fingerprint density at radius 3 is 2.56 bits per heavy atom. The lowest BCUT2D eigenvalue weighted by molar-refractivity contribution is -0.134. The van der Waals surface area contributed by atoms with Gasteiger partial charge >= 0.3 is 5.97 Å². The van der Waals surface area contributed by atoms with E-state index in [1.807, 2.05) is 18.2 Å². The predicted octanol–water partition coefficient (Wildman–Crippen LogP) is 3.88. The number of carbonyl (C=O) groups is 1. The summed E-state index contributed by atoms with van der Waals surface area (Å²) in [4.78, 5) is 12.1. The van der Waals surface area contributed by atoms with Gasteiger partial charge in [0.05, 0.1) is 4.90 Å².